The molecule has 0 saturated heterocycles. The molecule has 0 aliphatic heterocycles. The second kappa shape index (κ2) is 4.74. The summed E-state index contributed by atoms with van der Waals surface area (Å²) in [6.07, 6.45) is 0. The number of benzene rings is 1. The van der Waals surface area contributed by atoms with Gasteiger partial charge in [-0.25, -0.2) is 8.42 Å². The lowest BCUT2D eigenvalue weighted by Crippen LogP contribution is -2.15. The number of hydrogen-bond donors (Lipinski definition) is 1. The van der Waals surface area contributed by atoms with Crippen LogP contribution in [0.15, 0.2) is 35.2 Å². The standard InChI is InChI=1S/C12H12N4O2S/c1-9-7-12(16(2)14-9)15-19(17,18)11-5-3-10(8-13)4-6-11/h3-7,15H,1-2H3. The molecule has 6 nitrogen and oxygen atoms in total. The smallest absolute Gasteiger partial charge is 0.263 e. The van der Waals surface area contributed by atoms with Crippen LogP contribution >= 0.6 is 0 Å². The maximum absolute atomic E-state index is 12.1. The van der Waals surface area contributed by atoms with Gasteiger partial charge in [0.1, 0.15) is 5.82 Å². The van der Waals surface area contributed by atoms with Crippen molar-refractivity contribution in [3.63, 3.8) is 0 Å². The first-order valence-corrected chi connectivity index (χ1v) is 6.94. The third kappa shape index (κ3) is 2.74. The summed E-state index contributed by atoms with van der Waals surface area (Å²) in [5, 5.41) is 12.7. The number of rotatable bonds is 3. The summed E-state index contributed by atoms with van der Waals surface area (Å²) in [6.45, 7) is 1.78. The SMILES string of the molecule is Cc1cc(NS(=O)(=O)c2ccc(C#N)cc2)n(C)n1. The summed E-state index contributed by atoms with van der Waals surface area (Å²) in [6, 6.07) is 9.29. The lowest BCUT2D eigenvalue weighted by Gasteiger charge is -2.07. The Morgan fingerprint density at radius 3 is 2.42 bits per heavy atom. The second-order valence-corrected chi connectivity index (χ2v) is 5.72. The highest BCUT2D eigenvalue weighted by Gasteiger charge is 2.16. The minimum absolute atomic E-state index is 0.102. The van der Waals surface area contributed by atoms with Gasteiger partial charge in [0.2, 0.25) is 0 Å². The molecule has 19 heavy (non-hydrogen) atoms. The Labute approximate surface area is 111 Å². The fourth-order valence-electron chi connectivity index (χ4n) is 1.61. The van der Waals surface area contributed by atoms with Crippen molar-refractivity contribution in [2.75, 3.05) is 4.72 Å². The molecule has 7 heteroatoms. The molecule has 1 heterocycles. The van der Waals surface area contributed by atoms with Crippen molar-refractivity contribution < 1.29 is 8.42 Å². The molecule has 0 aliphatic rings. The van der Waals surface area contributed by atoms with Crippen molar-refractivity contribution in [2.45, 2.75) is 11.8 Å². The van der Waals surface area contributed by atoms with Gasteiger partial charge in [0, 0.05) is 13.1 Å². The Kier molecular flexibility index (Phi) is 3.27. The van der Waals surface area contributed by atoms with E-state index in [2.05, 4.69) is 9.82 Å². The van der Waals surface area contributed by atoms with E-state index in [4.69, 9.17) is 5.26 Å². The molecule has 0 amide bonds. The van der Waals surface area contributed by atoms with E-state index in [1.54, 1.807) is 20.0 Å². The monoisotopic (exact) mass is 276 g/mol. The molecule has 0 bridgehead atoms. The van der Waals surface area contributed by atoms with Crippen LogP contribution in [-0.2, 0) is 17.1 Å². The lowest BCUT2D eigenvalue weighted by molar-refractivity contribution is 0.600. The van der Waals surface area contributed by atoms with Crippen molar-refractivity contribution in [2.24, 2.45) is 7.05 Å². The van der Waals surface area contributed by atoms with E-state index in [9.17, 15) is 8.42 Å². The molecule has 0 saturated carbocycles. The molecule has 2 aromatic rings. The average Bonchev–Trinajstić information content (AvgIpc) is 2.67. The van der Waals surface area contributed by atoms with Gasteiger partial charge in [0.05, 0.1) is 22.2 Å². The number of nitriles is 1. The first kappa shape index (κ1) is 13.1. The van der Waals surface area contributed by atoms with E-state index in [1.165, 1.54) is 28.9 Å². The van der Waals surface area contributed by atoms with E-state index in [1.807, 2.05) is 6.07 Å². The number of nitrogens with zero attached hydrogens (tertiary/aromatic N) is 3. The van der Waals surface area contributed by atoms with Crippen molar-refractivity contribution in [1.29, 1.82) is 5.26 Å². The van der Waals surface area contributed by atoms with Crippen LogP contribution < -0.4 is 4.72 Å². The molecule has 0 radical (unpaired) electrons. The molecule has 1 N–H and O–H groups in total. The zero-order valence-corrected chi connectivity index (χ0v) is 11.3. The highest BCUT2D eigenvalue weighted by Crippen LogP contribution is 2.16. The Balaban J connectivity index is 2.32. The molecule has 98 valence electrons. The van der Waals surface area contributed by atoms with Gasteiger partial charge in [0.15, 0.2) is 0 Å². The van der Waals surface area contributed by atoms with Crippen LogP contribution in [0.5, 0.6) is 0 Å². The number of hydrogen-bond acceptors (Lipinski definition) is 4. The summed E-state index contributed by atoms with van der Waals surface area (Å²) in [4.78, 5) is 0.102. The van der Waals surface area contributed by atoms with Gasteiger partial charge in [0.25, 0.3) is 10.0 Å². The first-order chi connectivity index (χ1) is 8.92. The molecule has 0 spiro atoms. The highest BCUT2D eigenvalue weighted by atomic mass is 32.2. The van der Waals surface area contributed by atoms with Crippen LogP contribution in [-0.4, -0.2) is 18.2 Å². The maximum atomic E-state index is 12.1. The number of sulfonamides is 1. The highest BCUT2D eigenvalue weighted by molar-refractivity contribution is 7.92. The summed E-state index contributed by atoms with van der Waals surface area (Å²) in [5.41, 5.74) is 1.13. The van der Waals surface area contributed by atoms with Crippen LogP contribution in [0.25, 0.3) is 0 Å². The number of aromatic nitrogens is 2. The molecule has 0 atom stereocenters. The normalized spacial score (nSPS) is 11.0. The molecule has 0 unspecified atom stereocenters. The molecule has 0 aliphatic carbocycles. The number of anilines is 1. The summed E-state index contributed by atoms with van der Waals surface area (Å²) in [5.74, 6) is 0.391. The van der Waals surface area contributed by atoms with Gasteiger partial charge in [-0.3, -0.25) is 9.40 Å². The molecule has 0 fully saturated rings. The Hall–Kier alpha value is -2.33. The number of aryl methyl sites for hydroxylation is 2. The fraction of sp³-hybridized carbons (Fsp3) is 0.167. The first-order valence-electron chi connectivity index (χ1n) is 5.46. The minimum Gasteiger partial charge on any atom is -0.264 e. The predicted molar refractivity (Wildman–Crippen MR) is 69.9 cm³/mol. The predicted octanol–water partition coefficient (Wildman–Crippen LogP) is 1.40. The maximum Gasteiger partial charge on any atom is 0.263 e. The van der Waals surface area contributed by atoms with E-state index >= 15 is 0 Å². The summed E-state index contributed by atoms with van der Waals surface area (Å²) in [7, 11) is -2.01. The Morgan fingerprint density at radius 2 is 1.95 bits per heavy atom. The van der Waals surface area contributed by atoms with Crippen LogP contribution in [0.4, 0.5) is 5.82 Å². The minimum atomic E-state index is -3.67. The fourth-order valence-corrected chi connectivity index (χ4v) is 2.69. The zero-order chi connectivity index (χ0) is 14.0. The quantitative estimate of drug-likeness (QED) is 0.917. The largest absolute Gasteiger partial charge is 0.264 e. The average molecular weight is 276 g/mol. The van der Waals surface area contributed by atoms with E-state index in [0.29, 0.717) is 11.4 Å². The van der Waals surface area contributed by atoms with Gasteiger partial charge in [-0.15, -0.1) is 0 Å². The van der Waals surface area contributed by atoms with E-state index < -0.39 is 10.0 Å². The Bertz CT molecular complexity index is 739. The Morgan fingerprint density at radius 1 is 1.32 bits per heavy atom. The van der Waals surface area contributed by atoms with Crippen molar-refractivity contribution in [1.82, 2.24) is 9.78 Å². The van der Waals surface area contributed by atoms with Gasteiger partial charge in [-0.2, -0.15) is 10.4 Å². The van der Waals surface area contributed by atoms with Crippen molar-refractivity contribution in [3.8, 4) is 6.07 Å². The zero-order valence-electron chi connectivity index (χ0n) is 10.5. The topological polar surface area (TPSA) is 87.8 Å². The molecular formula is C12H12N4O2S. The van der Waals surface area contributed by atoms with Gasteiger partial charge in [-0.05, 0) is 31.2 Å². The third-order valence-corrected chi connectivity index (χ3v) is 3.91. The van der Waals surface area contributed by atoms with Crippen LogP contribution in [0, 0.1) is 18.3 Å². The summed E-state index contributed by atoms with van der Waals surface area (Å²) < 4.78 is 28.2. The van der Waals surface area contributed by atoms with E-state index in [0.717, 1.165) is 5.69 Å². The van der Waals surface area contributed by atoms with Crippen LogP contribution in [0.1, 0.15) is 11.3 Å². The lowest BCUT2D eigenvalue weighted by atomic mass is 10.2. The third-order valence-electron chi connectivity index (χ3n) is 2.53. The van der Waals surface area contributed by atoms with Crippen LogP contribution in [0.2, 0.25) is 0 Å². The number of nitrogens with one attached hydrogen (secondary N) is 1. The second-order valence-electron chi connectivity index (χ2n) is 4.04. The summed E-state index contributed by atoms with van der Waals surface area (Å²) >= 11 is 0. The van der Waals surface area contributed by atoms with Gasteiger partial charge < -0.3 is 0 Å². The van der Waals surface area contributed by atoms with Gasteiger partial charge >= 0.3 is 0 Å². The van der Waals surface area contributed by atoms with Crippen molar-refractivity contribution >= 4 is 15.8 Å². The molecule has 1 aromatic heterocycles. The van der Waals surface area contributed by atoms with Gasteiger partial charge in [-0.1, -0.05) is 0 Å². The van der Waals surface area contributed by atoms with Crippen molar-refractivity contribution in [3.05, 3.63) is 41.6 Å². The van der Waals surface area contributed by atoms with Crippen LogP contribution in [0.3, 0.4) is 0 Å². The molecule has 2 rings (SSSR count). The van der Waals surface area contributed by atoms with E-state index in [-0.39, 0.29) is 4.90 Å². The molecular weight excluding hydrogens is 264 g/mol. The molecule has 1 aromatic carbocycles.